The Morgan fingerprint density at radius 1 is 1.08 bits per heavy atom. The second-order valence-electron chi connectivity index (χ2n) is 5.91. The van der Waals surface area contributed by atoms with Crippen LogP contribution in [0.2, 0.25) is 0 Å². The van der Waals surface area contributed by atoms with E-state index in [0.29, 0.717) is 43.5 Å². The SMILES string of the molecule is O=CN1CCN(C(=O)c2cnc(Nc3ccc4c(c3)OCO4)cn2)CC1. The monoisotopic (exact) mass is 355 g/mol. The van der Waals surface area contributed by atoms with Crippen molar-refractivity contribution in [2.45, 2.75) is 0 Å². The van der Waals surface area contributed by atoms with Crippen molar-refractivity contribution < 1.29 is 19.1 Å². The molecule has 1 fully saturated rings. The average Bonchev–Trinajstić information content (AvgIpc) is 3.16. The Bertz CT molecular complexity index is 818. The number of hydrogen-bond acceptors (Lipinski definition) is 7. The molecule has 4 rings (SSSR count). The molecule has 0 spiro atoms. The molecule has 0 aliphatic carbocycles. The van der Waals surface area contributed by atoms with Gasteiger partial charge < -0.3 is 24.6 Å². The lowest BCUT2D eigenvalue weighted by atomic mass is 10.2. The Morgan fingerprint density at radius 3 is 2.62 bits per heavy atom. The summed E-state index contributed by atoms with van der Waals surface area (Å²) in [6.07, 6.45) is 3.77. The largest absolute Gasteiger partial charge is 0.454 e. The number of ether oxygens (including phenoxy) is 2. The predicted octanol–water partition coefficient (Wildman–Crippen LogP) is 0.863. The van der Waals surface area contributed by atoms with Crippen molar-refractivity contribution in [2.75, 3.05) is 38.3 Å². The summed E-state index contributed by atoms with van der Waals surface area (Å²) in [6.45, 7) is 2.28. The lowest BCUT2D eigenvalue weighted by Crippen LogP contribution is -2.48. The van der Waals surface area contributed by atoms with Gasteiger partial charge in [-0.25, -0.2) is 9.97 Å². The van der Waals surface area contributed by atoms with Crippen LogP contribution in [0, 0.1) is 0 Å². The predicted molar refractivity (Wildman–Crippen MR) is 91.4 cm³/mol. The summed E-state index contributed by atoms with van der Waals surface area (Å²) in [5.41, 5.74) is 1.06. The van der Waals surface area contributed by atoms with Crippen LogP contribution in [0.3, 0.4) is 0 Å². The third-order valence-electron chi connectivity index (χ3n) is 4.27. The van der Waals surface area contributed by atoms with Crippen molar-refractivity contribution in [3.05, 3.63) is 36.3 Å². The molecule has 2 aromatic rings. The van der Waals surface area contributed by atoms with Crippen molar-refractivity contribution in [1.82, 2.24) is 19.8 Å². The molecule has 3 heterocycles. The molecule has 2 aliphatic rings. The van der Waals surface area contributed by atoms with Gasteiger partial charge in [0.2, 0.25) is 13.2 Å². The van der Waals surface area contributed by atoms with Gasteiger partial charge in [-0.1, -0.05) is 0 Å². The number of carbonyl (C=O) groups excluding carboxylic acids is 2. The van der Waals surface area contributed by atoms with Gasteiger partial charge in [-0.3, -0.25) is 9.59 Å². The van der Waals surface area contributed by atoms with Gasteiger partial charge in [0.25, 0.3) is 5.91 Å². The minimum Gasteiger partial charge on any atom is -0.454 e. The van der Waals surface area contributed by atoms with Gasteiger partial charge in [-0.15, -0.1) is 0 Å². The molecule has 9 heteroatoms. The highest BCUT2D eigenvalue weighted by Gasteiger charge is 2.22. The standard InChI is InChI=1S/C17H17N5O4/c23-10-21-3-5-22(6-4-21)17(24)13-8-19-16(9-18-13)20-12-1-2-14-15(7-12)26-11-25-14/h1-2,7-10H,3-6,11H2,(H,19,20). The number of rotatable bonds is 4. The number of carbonyl (C=O) groups is 2. The first-order chi connectivity index (χ1) is 12.7. The Morgan fingerprint density at radius 2 is 1.88 bits per heavy atom. The zero-order valence-electron chi connectivity index (χ0n) is 13.9. The highest BCUT2D eigenvalue weighted by atomic mass is 16.7. The molecule has 0 atom stereocenters. The average molecular weight is 355 g/mol. The number of anilines is 2. The molecule has 1 N–H and O–H groups in total. The molecule has 2 aliphatic heterocycles. The molecule has 1 saturated heterocycles. The molecule has 134 valence electrons. The summed E-state index contributed by atoms with van der Waals surface area (Å²) in [7, 11) is 0. The molecule has 0 bridgehead atoms. The van der Waals surface area contributed by atoms with Crippen molar-refractivity contribution in [3.8, 4) is 11.5 Å². The summed E-state index contributed by atoms with van der Waals surface area (Å²) < 4.78 is 10.6. The van der Waals surface area contributed by atoms with Gasteiger partial charge in [0, 0.05) is 37.9 Å². The summed E-state index contributed by atoms with van der Waals surface area (Å²) >= 11 is 0. The number of aromatic nitrogens is 2. The lowest BCUT2D eigenvalue weighted by molar-refractivity contribution is -0.119. The van der Waals surface area contributed by atoms with Crippen LogP contribution in [0.5, 0.6) is 11.5 Å². The van der Waals surface area contributed by atoms with Crippen molar-refractivity contribution in [2.24, 2.45) is 0 Å². The van der Waals surface area contributed by atoms with Gasteiger partial charge >= 0.3 is 0 Å². The molecule has 0 radical (unpaired) electrons. The topological polar surface area (TPSA) is 96.9 Å². The number of benzene rings is 1. The van der Waals surface area contributed by atoms with E-state index in [4.69, 9.17) is 9.47 Å². The third kappa shape index (κ3) is 3.23. The number of piperazine rings is 1. The maximum atomic E-state index is 12.5. The van der Waals surface area contributed by atoms with Crippen molar-refractivity contribution in [1.29, 1.82) is 0 Å². The van der Waals surface area contributed by atoms with Crippen LogP contribution in [0.1, 0.15) is 10.5 Å². The van der Waals surface area contributed by atoms with Gasteiger partial charge in [-0.05, 0) is 12.1 Å². The summed E-state index contributed by atoms with van der Waals surface area (Å²) in [5.74, 6) is 1.71. The number of amides is 2. The van der Waals surface area contributed by atoms with Crippen LogP contribution in [0.15, 0.2) is 30.6 Å². The Balaban J connectivity index is 1.40. The maximum absolute atomic E-state index is 12.5. The first-order valence-corrected chi connectivity index (χ1v) is 8.20. The quantitative estimate of drug-likeness (QED) is 0.813. The number of hydrogen-bond donors (Lipinski definition) is 1. The van der Waals surface area contributed by atoms with E-state index in [0.717, 1.165) is 12.1 Å². The smallest absolute Gasteiger partial charge is 0.274 e. The third-order valence-corrected chi connectivity index (χ3v) is 4.27. The lowest BCUT2D eigenvalue weighted by Gasteiger charge is -2.32. The van der Waals surface area contributed by atoms with E-state index in [-0.39, 0.29) is 18.4 Å². The Hall–Kier alpha value is -3.36. The molecular formula is C17H17N5O4. The first-order valence-electron chi connectivity index (χ1n) is 8.20. The molecular weight excluding hydrogens is 338 g/mol. The summed E-state index contributed by atoms with van der Waals surface area (Å²) in [6, 6.07) is 5.48. The fraction of sp³-hybridized carbons (Fsp3) is 0.294. The van der Waals surface area contributed by atoms with Crippen molar-refractivity contribution >= 4 is 23.8 Å². The molecule has 1 aromatic heterocycles. The maximum Gasteiger partial charge on any atom is 0.274 e. The van der Waals surface area contributed by atoms with Crippen LogP contribution in [-0.4, -0.2) is 65.1 Å². The van der Waals surface area contributed by atoms with E-state index in [1.807, 2.05) is 18.2 Å². The Labute approximate surface area is 149 Å². The van der Waals surface area contributed by atoms with Crippen LogP contribution < -0.4 is 14.8 Å². The first kappa shape index (κ1) is 16.1. The zero-order valence-corrected chi connectivity index (χ0v) is 13.9. The van der Waals surface area contributed by atoms with E-state index in [2.05, 4.69) is 15.3 Å². The van der Waals surface area contributed by atoms with Gasteiger partial charge in [0.15, 0.2) is 11.5 Å². The van der Waals surface area contributed by atoms with Crippen LogP contribution in [-0.2, 0) is 4.79 Å². The van der Waals surface area contributed by atoms with E-state index in [9.17, 15) is 9.59 Å². The van der Waals surface area contributed by atoms with E-state index in [1.165, 1.54) is 12.4 Å². The molecule has 26 heavy (non-hydrogen) atoms. The highest BCUT2D eigenvalue weighted by Crippen LogP contribution is 2.34. The fourth-order valence-corrected chi connectivity index (χ4v) is 2.82. The molecule has 0 saturated carbocycles. The summed E-state index contributed by atoms with van der Waals surface area (Å²) in [5, 5.41) is 3.11. The molecule has 9 nitrogen and oxygen atoms in total. The minimum atomic E-state index is -0.183. The van der Waals surface area contributed by atoms with Gasteiger partial charge in [0.1, 0.15) is 11.5 Å². The molecule has 0 unspecified atom stereocenters. The summed E-state index contributed by atoms with van der Waals surface area (Å²) in [4.78, 5) is 35.0. The minimum absolute atomic E-state index is 0.183. The van der Waals surface area contributed by atoms with Gasteiger partial charge in [0.05, 0.1) is 12.4 Å². The second-order valence-corrected chi connectivity index (χ2v) is 5.91. The second kappa shape index (κ2) is 6.87. The highest BCUT2D eigenvalue weighted by molar-refractivity contribution is 5.92. The molecule has 1 aromatic carbocycles. The number of nitrogens with one attached hydrogen (secondary N) is 1. The van der Waals surface area contributed by atoms with Crippen molar-refractivity contribution in [3.63, 3.8) is 0 Å². The number of nitrogens with zero attached hydrogens (tertiary/aromatic N) is 4. The number of fused-ring (bicyclic) bond motifs is 1. The van der Waals surface area contributed by atoms with Gasteiger partial charge in [-0.2, -0.15) is 0 Å². The van der Waals surface area contributed by atoms with E-state index in [1.54, 1.807) is 9.80 Å². The van der Waals surface area contributed by atoms with Crippen LogP contribution in [0.4, 0.5) is 11.5 Å². The zero-order chi connectivity index (χ0) is 17.9. The van der Waals surface area contributed by atoms with E-state index >= 15 is 0 Å². The van der Waals surface area contributed by atoms with E-state index < -0.39 is 0 Å². The van der Waals surface area contributed by atoms with Crippen LogP contribution >= 0.6 is 0 Å². The molecule has 2 amide bonds. The Kier molecular flexibility index (Phi) is 4.26. The normalized spacial score (nSPS) is 15.7. The van der Waals surface area contributed by atoms with Crippen LogP contribution in [0.25, 0.3) is 0 Å². The fourth-order valence-electron chi connectivity index (χ4n) is 2.82.